The molecule has 25 heavy (non-hydrogen) atoms. The topological polar surface area (TPSA) is 24.3 Å². The van der Waals surface area contributed by atoms with Gasteiger partial charge in [-0.15, -0.1) is 0 Å². The quantitative estimate of drug-likeness (QED) is 0.731. The Kier molecular flexibility index (Phi) is 4.53. The fourth-order valence-electron chi connectivity index (χ4n) is 3.39. The molecule has 0 radical (unpaired) electrons. The van der Waals surface area contributed by atoms with Gasteiger partial charge >= 0.3 is 0 Å². The molecule has 0 saturated carbocycles. The van der Waals surface area contributed by atoms with Crippen molar-refractivity contribution in [3.63, 3.8) is 0 Å². The van der Waals surface area contributed by atoms with Crippen LogP contribution < -0.4 is 4.90 Å². The van der Waals surface area contributed by atoms with Crippen LogP contribution in [-0.2, 0) is 6.54 Å². The van der Waals surface area contributed by atoms with E-state index in [9.17, 15) is 0 Å². The van der Waals surface area contributed by atoms with Crippen LogP contribution in [0.2, 0.25) is 0 Å². The number of aryl methyl sites for hydroxylation is 1. The first-order valence-electron chi connectivity index (χ1n) is 8.92. The number of benzene rings is 2. The van der Waals surface area contributed by atoms with Crippen LogP contribution in [0.15, 0.2) is 66.9 Å². The average Bonchev–Trinajstić information content (AvgIpc) is 3.12. The van der Waals surface area contributed by atoms with Crippen LogP contribution >= 0.6 is 0 Å². The summed E-state index contributed by atoms with van der Waals surface area (Å²) in [7, 11) is 0. The van der Waals surface area contributed by atoms with Gasteiger partial charge in [0.25, 0.3) is 0 Å². The summed E-state index contributed by atoms with van der Waals surface area (Å²) in [6, 6.07) is 21.2. The lowest BCUT2D eigenvalue weighted by Gasteiger charge is -2.35. The van der Waals surface area contributed by atoms with Crippen LogP contribution in [-0.4, -0.2) is 40.9 Å². The number of para-hydroxylation sites is 1. The zero-order chi connectivity index (χ0) is 17.1. The Balaban J connectivity index is 1.35. The average molecular weight is 332 g/mol. The smallest absolute Gasteiger partial charge is 0.0769 e. The van der Waals surface area contributed by atoms with Crippen LogP contribution in [0.25, 0.3) is 5.69 Å². The van der Waals surface area contributed by atoms with Crippen molar-refractivity contribution in [3.05, 3.63) is 78.1 Å². The number of anilines is 1. The molecular weight excluding hydrogens is 308 g/mol. The van der Waals surface area contributed by atoms with Crippen molar-refractivity contribution in [2.75, 3.05) is 31.1 Å². The predicted molar refractivity (Wildman–Crippen MR) is 102 cm³/mol. The highest BCUT2D eigenvalue weighted by Gasteiger charge is 2.18. The van der Waals surface area contributed by atoms with Crippen molar-refractivity contribution >= 4 is 5.69 Å². The minimum absolute atomic E-state index is 0.918. The van der Waals surface area contributed by atoms with Gasteiger partial charge in [-0.2, -0.15) is 5.10 Å². The third kappa shape index (κ3) is 3.74. The molecule has 1 aliphatic heterocycles. The van der Waals surface area contributed by atoms with E-state index in [0.29, 0.717) is 0 Å². The van der Waals surface area contributed by atoms with Crippen molar-refractivity contribution in [3.8, 4) is 5.69 Å². The number of piperazine rings is 1. The van der Waals surface area contributed by atoms with Gasteiger partial charge in [0.05, 0.1) is 11.4 Å². The lowest BCUT2D eigenvalue weighted by Crippen LogP contribution is -2.46. The molecule has 2 heterocycles. The first-order valence-corrected chi connectivity index (χ1v) is 8.92. The molecule has 0 spiro atoms. The Hall–Kier alpha value is -2.59. The standard InChI is InChI=1S/C21H24N4/c1-18-6-5-9-21(16-18)24-14-12-23(13-15-24)17-19-10-11-25(22-19)20-7-3-2-4-8-20/h2-11,16H,12-15,17H2,1H3. The summed E-state index contributed by atoms with van der Waals surface area (Å²) in [6.45, 7) is 7.37. The molecule has 0 unspecified atom stereocenters. The van der Waals surface area contributed by atoms with Gasteiger partial charge in [0, 0.05) is 44.6 Å². The van der Waals surface area contributed by atoms with Gasteiger partial charge < -0.3 is 4.90 Å². The fraction of sp³-hybridized carbons (Fsp3) is 0.286. The monoisotopic (exact) mass is 332 g/mol. The highest BCUT2D eigenvalue weighted by molar-refractivity contribution is 5.48. The maximum Gasteiger partial charge on any atom is 0.0769 e. The van der Waals surface area contributed by atoms with Gasteiger partial charge in [0.1, 0.15) is 0 Å². The molecule has 4 heteroatoms. The largest absolute Gasteiger partial charge is 0.369 e. The van der Waals surface area contributed by atoms with Gasteiger partial charge in [-0.05, 0) is 42.8 Å². The summed E-state index contributed by atoms with van der Waals surface area (Å²) in [5.74, 6) is 0. The Bertz CT molecular complexity index is 817. The zero-order valence-electron chi connectivity index (χ0n) is 14.7. The molecular formula is C21H24N4. The summed E-state index contributed by atoms with van der Waals surface area (Å²) in [6.07, 6.45) is 2.05. The second-order valence-electron chi connectivity index (χ2n) is 6.69. The lowest BCUT2D eigenvalue weighted by molar-refractivity contribution is 0.246. The SMILES string of the molecule is Cc1cccc(N2CCN(Cc3ccn(-c4ccccc4)n3)CC2)c1. The summed E-state index contributed by atoms with van der Waals surface area (Å²) >= 11 is 0. The zero-order valence-corrected chi connectivity index (χ0v) is 14.7. The molecule has 128 valence electrons. The van der Waals surface area contributed by atoms with Crippen molar-refractivity contribution in [1.29, 1.82) is 0 Å². The van der Waals surface area contributed by atoms with Crippen molar-refractivity contribution in [2.45, 2.75) is 13.5 Å². The van der Waals surface area contributed by atoms with E-state index >= 15 is 0 Å². The predicted octanol–water partition coefficient (Wildman–Crippen LogP) is 3.50. The van der Waals surface area contributed by atoms with E-state index in [0.717, 1.165) is 44.1 Å². The fourth-order valence-corrected chi connectivity index (χ4v) is 3.39. The molecule has 4 rings (SSSR count). The second-order valence-corrected chi connectivity index (χ2v) is 6.69. The number of hydrogen-bond acceptors (Lipinski definition) is 3. The van der Waals surface area contributed by atoms with Gasteiger partial charge in [-0.3, -0.25) is 4.90 Å². The highest BCUT2D eigenvalue weighted by atomic mass is 15.3. The van der Waals surface area contributed by atoms with Crippen molar-refractivity contribution in [1.82, 2.24) is 14.7 Å². The third-order valence-corrected chi connectivity index (χ3v) is 4.79. The number of hydrogen-bond donors (Lipinski definition) is 0. The maximum absolute atomic E-state index is 4.72. The number of nitrogens with zero attached hydrogens (tertiary/aromatic N) is 4. The van der Waals surface area contributed by atoms with E-state index in [-0.39, 0.29) is 0 Å². The molecule has 1 aromatic heterocycles. The molecule has 0 atom stereocenters. The molecule has 4 nitrogen and oxygen atoms in total. The molecule has 0 amide bonds. The lowest BCUT2D eigenvalue weighted by atomic mass is 10.2. The van der Waals surface area contributed by atoms with E-state index in [1.54, 1.807) is 0 Å². The highest BCUT2D eigenvalue weighted by Crippen LogP contribution is 2.18. The normalized spacial score (nSPS) is 15.5. The van der Waals surface area contributed by atoms with Crippen molar-refractivity contribution < 1.29 is 0 Å². The molecule has 0 N–H and O–H groups in total. The number of aromatic nitrogens is 2. The van der Waals surface area contributed by atoms with Crippen LogP contribution in [0, 0.1) is 6.92 Å². The van der Waals surface area contributed by atoms with Crippen LogP contribution in [0.3, 0.4) is 0 Å². The Morgan fingerprint density at radius 1 is 0.840 bits per heavy atom. The van der Waals surface area contributed by atoms with Crippen LogP contribution in [0.5, 0.6) is 0 Å². The van der Waals surface area contributed by atoms with E-state index in [2.05, 4.69) is 59.2 Å². The number of rotatable bonds is 4. The van der Waals surface area contributed by atoms with Gasteiger partial charge in [-0.1, -0.05) is 30.3 Å². The summed E-state index contributed by atoms with van der Waals surface area (Å²) in [5.41, 5.74) is 4.91. The van der Waals surface area contributed by atoms with Crippen molar-refractivity contribution in [2.24, 2.45) is 0 Å². The third-order valence-electron chi connectivity index (χ3n) is 4.79. The van der Waals surface area contributed by atoms with Crippen LogP contribution in [0.1, 0.15) is 11.3 Å². The molecule has 0 bridgehead atoms. The van der Waals surface area contributed by atoms with E-state index in [1.165, 1.54) is 11.3 Å². The van der Waals surface area contributed by atoms with E-state index < -0.39 is 0 Å². The molecule has 1 saturated heterocycles. The molecule has 1 fully saturated rings. The van der Waals surface area contributed by atoms with Gasteiger partial charge in [0.15, 0.2) is 0 Å². The molecule has 3 aromatic rings. The first kappa shape index (κ1) is 15.9. The van der Waals surface area contributed by atoms with E-state index in [4.69, 9.17) is 5.10 Å². The summed E-state index contributed by atoms with van der Waals surface area (Å²) < 4.78 is 1.96. The summed E-state index contributed by atoms with van der Waals surface area (Å²) in [5, 5.41) is 4.72. The van der Waals surface area contributed by atoms with Gasteiger partial charge in [-0.25, -0.2) is 4.68 Å². The Morgan fingerprint density at radius 2 is 1.60 bits per heavy atom. The Labute approximate surface area is 149 Å². The van der Waals surface area contributed by atoms with Gasteiger partial charge in [0.2, 0.25) is 0 Å². The van der Waals surface area contributed by atoms with Crippen LogP contribution in [0.4, 0.5) is 5.69 Å². The summed E-state index contributed by atoms with van der Waals surface area (Å²) in [4.78, 5) is 4.97. The van der Waals surface area contributed by atoms with E-state index in [1.807, 2.05) is 29.1 Å². The molecule has 0 aliphatic carbocycles. The maximum atomic E-state index is 4.72. The molecule has 1 aliphatic rings. The second kappa shape index (κ2) is 7.11. The minimum Gasteiger partial charge on any atom is -0.369 e. The Morgan fingerprint density at radius 3 is 2.36 bits per heavy atom. The first-order chi connectivity index (χ1) is 12.3. The molecule has 2 aromatic carbocycles. The minimum atomic E-state index is 0.918.